The first kappa shape index (κ1) is 19.1. The third kappa shape index (κ3) is 3.86. The molecule has 6 nitrogen and oxygen atoms in total. The van der Waals surface area contributed by atoms with Crippen LogP contribution in [0.3, 0.4) is 0 Å². The SMILES string of the molecule is CCN(CC(=O)O)C1CC(NS(=O)(=O)c2ccc(Cl)c3ccccc23)C1. The van der Waals surface area contributed by atoms with E-state index in [-0.39, 0.29) is 23.5 Å². The summed E-state index contributed by atoms with van der Waals surface area (Å²) in [6.07, 6.45) is 1.21. The number of likely N-dealkylation sites (N-methyl/N-ethyl adjacent to an activating group) is 1. The molecule has 0 amide bonds. The van der Waals surface area contributed by atoms with Crippen molar-refractivity contribution in [1.82, 2.24) is 9.62 Å². The average Bonchev–Trinajstić information content (AvgIpc) is 2.56. The van der Waals surface area contributed by atoms with Crippen LogP contribution in [0.15, 0.2) is 41.3 Å². The van der Waals surface area contributed by atoms with Gasteiger partial charge in [-0.2, -0.15) is 0 Å². The number of carboxylic acid groups (broad SMARTS) is 1. The minimum Gasteiger partial charge on any atom is -0.480 e. The fraction of sp³-hybridized carbons (Fsp3) is 0.389. The van der Waals surface area contributed by atoms with Crippen LogP contribution in [0.25, 0.3) is 10.8 Å². The van der Waals surface area contributed by atoms with E-state index in [1.165, 1.54) is 6.07 Å². The van der Waals surface area contributed by atoms with E-state index in [1.54, 1.807) is 24.3 Å². The minimum absolute atomic E-state index is 0.0253. The van der Waals surface area contributed by atoms with Crippen LogP contribution >= 0.6 is 11.6 Å². The van der Waals surface area contributed by atoms with Crippen LogP contribution in [0, 0.1) is 0 Å². The van der Waals surface area contributed by atoms with Crippen molar-refractivity contribution in [2.45, 2.75) is 36.7 Å². The number of hydrogen-bond donors (Lipinski definition) is 2. The summed E-state index contributed by atoms with van der Waals surface area (Å²) in [4.78, 5) is 13.0. The van der Waals surface area contributed by atoms with Crippen LogP contribution < -0.4 is 4.72 Å². The molecule has 0 atom stereocenters. The van der Waals surface area contributed by atoms with Gasteiger partial charge in [-0.25, -0.2) is 13.1 Å². The summed E-state index contributed by atoms with van der Waals surface area (Å²) >= 11 is 6.17. The van der Waals surface area contributed by atoms with Gasteiger partial charge in [-0.15, -0.1) is 0 Å². The highest BCUT2D eigenvalue weighted by atomic mass is 35.5. The molecule has 2 aromatic rings. The Bertz CT molecular complexity index is 926. The molecule has 26 heavy (non-hydrogen) atoms. The van der Waals surface area contributed by atoms with Crippen LogP contribution in [0.4, 0.5) is 0 Å². The Balaban J connectivity index is 1.74. The van der Waals surface area contributed by atoms with Gasteiger partial charge in [0.2, 0.25) is 10.0 Å². The molecule has 2 N–H and O–H groups in total. The number of sulfonamides is 1. The highest BCUT2D eigenvalue weighted by molar-refractivity contribution is 7.89. The summed E-state index contributed by atoms with van der Waals surface area (Å²) < 4.78 is 28.4. The van der Waals surface area contributed by atoms with Gasteiger partial charge in [0.15, 0.2) is 0 Å². The number of hydrogen-bond acceptors (Lipinski definition) is 4. The van der Waals surface area contributed by atoms with E-state index in [2.05, 4.69) is 4.72 Å². The van der Waals surface area contributed by atoms with E-state index in [1.807, 2.05) is 17.9 Å². The van der Waals surface area contributed by atoms with Crippen molar-refractivity contribution in [3.8, 4) is 0 Å². The van der Waals surface area contributed by atoms with Crippen molar-refractivity contribution in [3.05, 3.63) is 41.4 Å². The third-order valence-electron chi connectivity index (χ3n) is 4.82. The fourth-order valence-electron chi connectivity index (χ4n) is 3.41. The molecule has 0 radical (unpaired) electrons. The number of carbonyl (C=O) groups is 1. The number of nitrogens with zero attached hydrogens (tertiary/aromatic N) is 1. The van der Waals surface area contributed by atoms with Crippen molar-refractivity contribution in [2.24, 2.45) is 0 Å². The molecule has 0 aromatic heterocycles. The molecule has 1 saturated carbocycles. The molecule has 1 aliphatic carbocycles. The second-order valence-electron chi connectivity index (χ2n) is 6.49. The molecule has 0 heterocycles. The molecule has 2 aromatic carbocycles. The highest BCUT2D eigenvalue weighted by Gasteiger charge is 2.36. The Morgan fingerprint density at radius 1 is 1.23 bits per heavy atom. The van der Waals surface area contributed by atoms with Gasteiger partial charge in [-0.05, 0) is 31.5 Å². The number of carboxylic acids is 1. The quantitative estimate of drug-likeness (QED) is 0.751. The van der Waals surface area contributed by atoms with E-state index in [9.17, 15) is 13.2 Å². The summed E-state index contributed by atoms with van der Waals surface area (Å²) in [6, 6.07) is 10.1. The predicted molar refractivity (Wildman–Crippen MR) is 101 cm³/mol. The first-order valence-electron chi connectivity index (χ1n) is 8.47. The molecule has 0 saturated heterocycles. The number of aliphatic carboxylic acids is 1. The first-order valence-corrected chi connectivity index (χ1v) is 10.3. The fourth-order valence-corrected chi connectivity index (χ4v) is 5.11. The van der Waals surface area contributed by atoms with Gasteiger partial charge in [-0.1, -0.05) is 42.8 Å². The number of benzene rings is 2. The van der Waals surface area contributed by atoms with Gasteiger partial charge in [0.05, 0.1) is 11.4 Å². The zero-order chi connectivity index (χ0) is 18.9. The molecular formula is C18H21ClN2O4S. The van der Waals surface area contributed by atoms with Crippen molar-refractivity contribution in [1.29, 1.82) is 0 Å². The number of rotatable bonds is 7. The number of fused-ring (bicyclic) bond motifs is 1. The molecule has 8 heteroatoms. The maximum Gasteiger partial charge on any atom is 0.317 e. The zero-order valence-electron chi connectivity index (χ0n) is 14.4. The predicted octanol–water partition coefficient (Wildman–Crippen LogP) is 2.71. The number of nitrogens with one attached hydrogen (secondary N) is 1. The minimum atomic E-state index is -3.69. The normalized spacial score (nSPS) is 20.3. The molecule has 1 aliphatic rings. The molecule has 3 rings (SSSR count). The Morgan fingerprint density at radius 3 is 2.50 bits per heavy atom. The van der Waals surface area contributed by atoms with Crippen LogP contribution in [-0.2, 0) is 14.8 Å². The molecular weight excluding hydrogens is 376 g/mol. The van der Waals surface area contributed by atoms with Crippen LogP contribution in [0.1, 0.15) is 19.8 Å². The molecule has 0 bridgehead atoms. The highest BCUT2D eigenvalue weighted by Crippen LogP contribution is 2.31. The average molecular weight is 397 g/mol. The van der Waals surface area contributed by atoms with Crippen molar-refractivity contribution in [3.63, 3.8) is 0 Å². The van der Waals surface area contributed by atoms with Gasteiger partial charge < -0.3 is 5.11 Å². The van der Waals surface area contributed by atoms with E-state index in [0.29, 0.717) is 35.2 Å². The van der Waals surface area contributed by atoms with Crippen LogP contribution in [0.5, 0.6) is 0 Å². The van der Waals surface area contributed by atoms with Crippen LogP contribution in [0.2, 0.25) is 5.02 Å². The van der Waals surface area contributed by atoms with E-state index in [4.69, 9.17) is 16.7 Å². The first-order chi connectivity index (χ1) is 12.3. The van der Waals surface area contributed by atoms with Gasteiger partial charge in [0, 0.05) is 27.9 Å². The molecule has 1 fully saturated rings. The van der Waals surface area contributed by atoms with Crippen molar-refractivity contribution in [2.75, 3.05) is 13.1 Å². The lowest BCUT2D eigenvalue weighted by molar-refractivity contribution is -0.139. The molecule has 0 unspecified atom stereocenters. The lowest BCUT2D eigenvalue weighted by Crippen LogP contribution is -2.54. The lowest BCUT2D eigenvalue weighted by Gasteiger charge is -2.42. The monoisotopic (exact) mass is 396 g/mol. The summed E-state index contributed by atoms with van der Waals surface area (Å²) in [5.74, 6) is -0.872. The van der Waals surface area contributed by atoms with Gasteiger partial charge in [0.25, 0.3) is 0 Å². The maximum absolute atomic E-state index is 12.8. The molecule has 0 spiro atoms. The second-order valence-corrected chi connectivity index (χ2v) is 8.58. The second kappa shape index (κ2) is 7.52. The van der Waals surface area contributed by atoms with E-state index in [0.717, 1.165) is 0 Å². The topological polar surface area (TPSA) is 86.7 Å². The summed E-state index contributed by atoms with van der Waals surface area (Å²) in [6.45, 7) is 2.50. The smallest absolute Gasteiger partial charge is 0.317 e. The van der Waals surface area contributed by atoms with Crippen molar-refractivity contribution >= 4 is 38.4 Å². The maximum atomic E-state index is 12.8. The lowest BCUT2D eigenvalue weighted by atomic mass is 9.86. The Hall–Kier alpha value is -1.67. The Morgan fingerprint density at radius 2 is 1.88 bits per heavy atom. The van der Waals surface area contributed by atoms with Crippen LogP contribution in [-0.4, -0.2) is 49.6 Å². The van der Waals surface area contributed by atoms with Gasteiger partial charge >= 0.3 is 5.97 Å². The number of halogens is 1. The summed E-state index contributed by atoms with van der Waals surface area (Å²) in [7, 11) is -3.69. The van der Waals surface area contributed by atoms with E-state index >= 15 is 0 Å². The summed E-state index contributed by atoms with van der Waals surface area (Å²) in [5, 5.41) is 10.7. The zero-order valence-corrected chi connectivity index (χ0v) is 15.9. The Labute approximate surface area is 157 Å². The van der Waals surface area contributed by atoms with Gasteiger partial charge in [0.1, 0.15) is 0 Å². The van der Waals surface area contributed by atoms with Gasteiger partial charge in [-0.3, -0.25) is 9.69 Å². The largest absolute Gasteiger partial charge is 0.480 e. The summed E-state index contributed by atoms with van der Waals surface area (Å²) in [5.41, 5.74) is 0. The molecule has 0 aliphatic heterocycles. The molecule has 140 valence electrons. The van der Waals surface area contributed by atoms with Crippen molar-refractivity contribution < 1.29 is 18.3 Å². The van der Waals surface area contributed by atoms with E-state index < -0.39 is 16.0 Å². The standard InChI is InChI=1S/C18H21ClN2O4S/c1-2-21(11-18(22)23)13-9-12(10-13)20-26(24,25)17-8-7-16(19)14-5-3-4-6-15(14)17/h3-8,12-13,20H,2,9-11H2,1H3,(H,22,23). The third-order valence-corrected chi connectivity index (χ3v) is 6.72. The Kier molecular flexibility index (Phi) is 5.53.